The van der Waals surface area contributed by atoms with Crippen LogP contribution in [0.5, 0.6) is 0 Å². The molecule has 1 heterocycles. The first kappa shape index (κ1) is 14.6. The molecule has 1 aliphatic heterocycles. The van der Waals surface area contributed by atoms with Gasteiger partial charge >= 0.3 is 5.97 Å². The standard InChI is InChI=1S/C19H21NO2/c1-2-22-19(21)17-12-16-10-6-7-11-18(16)20(14-17)13-15-8-4-3-5-9-15/h3-11,17H,2,12-14H2,1H3. The molecule has 3 heteroatoms. The number of benzene rings is 2. The van der Waals surface area contributed by atoms with Crippen molar-refractivity contribution in [1.29, 1.82) is 0 Å². The summed E-state index contributed by atoms with van der Waals surface area (Å²) in [6.07, 6.45) is 0.764. The van der Waals surface area contributed by atoms with Crippen LogP contribution in [0.15, 0.2) is 54.6 Å². The highest BCUT2D eigenvalue weighted by atomic mass is 16.5. The van der Waals surface area contributed by atoms with Crippen LogP contribution >= 0.6 is 0 Å². The molecule has 1 atom stereocenters. The van der Waals surface area contributed by atoms with Crippen LogP contribution in [0.25, 0.3) is 0 Å². The van der Waals surface area contributed by atoms with Gasteiger partial charge in [0, 0.05) is 18.8 Å². The Bertz CT molecular complexity index is 639. The molecule has 1 unspecified atom stereocenters. The minimum Gasteiger partial charge on any atom is -0.466 e. The third-order valence-electron chi connectivity index (χ3n) is 4.08. The van der Waals surface area contributed by atoms with Crippen LogP contribution in [0.1, 0.15) is 18.1 Å². The van der Waals surface area contributed by atoms with Crippen LogP contribution in [0.4, 0.5) is 5.69 Å². The molecule has 0 aromatic heterocycles. The van der Waals surface area contributed by atoms with E-state index in [1.54, 1.807) is 0 Å². The van der Waals surface area contributed by atoms with E-state index in [2.05, 4.69) is 35.2 Å². The van der Waals surface area contributed by atoms with Crippen molar-refractivity contribution < 1.29 is 9.53 Å². The van der Waals surface area contributed by atoms with E-state index in [1.807, 2.05) is 31.2 Å². The van der Waals surface area contributed by atoms with E-state index in [0.717, 1.165) is 13.0 Å². The van der Waals surface area contributed by atoms with Crippen LogP contribution in [-0.2, 0) is 22.5 Å². The fourth-order valence-electron chi connectivity index (χ4n) is 3.06. The van der Waals surface area contributed by atoms with Crippen molar-refractivity contribution in [2.24, 2.45) is 5.92 Å². The van der Waals surface area contributed by atoms with Crippen molar-refractivity contribution >= 4 is 11.7 Å². The second-order valence-electron chi connectivity index (χ2n) is 5.65. The lowest BCUT2D eigenvalue weighted by molar-refractivity contribution is -0.147. The van der Waals surface area contributed by atoms with Crippen LogP contribution in [0.3, 0.4) is 0 Å². The number of hydrogen-bond donors (Lipinski definition) is 0. The number of rotatable bonds is 4. The molecule has 0 bridgehead atoms. The number of nitrogens with zero attached hydrogens (tertiary/aromatic N) is 1. The van der Waals surface area contributed by atoms with Crippen molar-refractivity contribution in [3.63, 3.8) is 0 Å². The zero-order chi connectivity index (χ0) is 15.4. The molecule has 2 aromatic carbocycles. The van der Waals surface area contributed by atoms with Gasteiger partial charge in [-0.05, 0) is 30.5 Å². The minimum atomic E-state index is -0.0879. The Morgan fingerprint density at radius 3 is 2.64 bits per heavy atom. The molecule has 0 spiro atoms. The summed E-state index contributed by atoms with van der Waals surface area (Å²) in [6.45, 7) is 3.82. The molecule has 3 rings (SSSR count). The number of para-hydroxylation sites is 1. The Hall–Kier alpha value is -2.29. The Morgan fingerprint density at radius 1 is 1.14 bits per heavy atom. The molecule has 114 valence electrons. The fraction of sp³-hybridized carbons (Fsp3) is 0.316. The summed E-state index contributed by atoms with van der Waals surface area (Å²) in [5, 5.41) is 0. The van der Waals surface area contributed by atoms with Gasteiger partial charge in [0.05, 0.1) is 12.5 Å². The largest absolute Gasteiger partial charge is 0.466 e. The molecular weight excluding hydrogens is 274 g/mol. The van der Waals surface area contributed by atoms with Gasteiger partial charge in [0.15, 0.2) is 0 Å². The zero-order valence-electron chi connectivity index (χ0n) is 12.9. The van der Waals surface area contributed by atoms with Gasteiger partial charge in [-0.1, -0.05) is 48.5 Å². The number of anilines is 1. The van der Waals surface area contributed by atoms with Crippen LogP contribution in [0.2, 0.25) is 0 Å². The highest BCUT2D eigenvalue weighted by molar-refractivity contribution is 5.75. The third-order valence-corrected chi connectivity index (χ3v) is 4.08. The van der Waals surface area contributed by atoms with Crippen LogP contribution in [-0.4, -0.2) is 19.1 Å². The summed E-state index contributed by atoms with van der Waals surface area (Å²) >= 11 is 0. The molecule has 1 aliphatic rings. The predicted molar refractivity (Wildman–Crippen MR) is 87.8 cm³/mol. The van der Waals surface area contributed by atoms with Gasteiger partial charge in [-0.2, -0.15) is 0 Å². The topological polar surface area (TPSA) is 29.5 Å². The van der Waals surface area contributed by atoms with E-state index in [-0.39, 0.29) is 11.9 Å². The second kappa shape index (κ2) is 6.65. The lowest BCUT2D eigenvalue weighted by Crippen LogP contribution is -2.39. The molecule has 0 aliphatic carbocycles. The molecule has 2 aromatic rings. The number of carbonyl (C=O) groups excluding carboxylic acids is 1. The minimum absolute atomic E-state index is 0.0847. The van der Waals surface area contributed by atoms with Crippen molar-refractivity contribution in [3.05, 3.63) is 65.7 Å². The lowest BCUT2D eigenvalue weighted by atomic mass is 9.92. The van der Waals surface area contributed by atoms with Gasteiger partial charge in [-0.25, -0.2) is 0 Å². The van der Waals surface area contributed by atoms with Gasteiger partial charge in [-0.3, -0.25) is 4.79 Å². The first-order chi connectivity index (χ1) is 10.8. The predicted octanol–water partition coefficient (Wildman–Crippen LogP) is 3.43. The molecule has 0 saturated carbocycles. The van der Waals surface area contributed by atoms with Crippen molar-refractivity contribution in [2.75, 3.05) is 18.1 Å². The van der Waals surface area contributed by atoms with Gasteiger partial charge in [0.25, 0.3) is 0 Å². The maximum Gasteiger partial charge on any atom is 0.311 e. The van der Waals surface area contributed by atoms with E-state index < -0.39 is 0 Å². The van der Waals surface area contributed by atoms with Gasteiger partial charge in [0.2, 0.25) is 0 Å². The Morgan fingerprint density at radius 2 is 1.86 bits per heavy atom. The summed E-state index contributed by atoms with van der Waals surface area (Å²) in [6, 6.07) is 18.7. The molecule has 0 amide bonds. The Balaban J connectivity index is 1.85. The maximum atomic E-state index is 12.2. The second-order valence-corrected chi connectivity index (χ2v) is 5.65. The Kier molecular flexibility index (Phi) is 4.42. The average molecular weight is 295 g/mol. The molecule has 0 fully saturated rings. The number of fused-ring (bicyclic) bond motifs is 1. The monoisotopic (exact) mass is 295 g/mol. The normalized spacial score (nSPS) is 17.0. The number of ether oxygens (including phenoxy) is 1. The quantitative estimate of drug-likeness (QED) is 0.809. The Labute approximate surface area is 131 Å². The fourth-order valence-corrected chi connectivity index (χ4v) is 3.06. The van der Waals surface area contributed by atoms with Gasteiger partial charge in [-0.15, -0.1) is 0 Å². The molecule has 3 nitrogen and oxygen atoms in total. The summed E-state index contributed by atoms with van der Waals surface area (Å²) in [5.74, 6) is -0.173. The van der Waals surface area contributed by atoms with Gasteiger partial charge in [0.1, 0.15) is 0 Å². The lowest BCUT2D eigenvalue weighted by Gasteiger charge is -2.35. The summed E-state index contributed by atoms with van der Waals surface area (Å²) in [4.78, 5) is 14.4. The highest BCUT2D eigenvalue weighted by Gasteiger charge is 2.29. The zero-order valence-corrected chi connectivity index (χ0v) is 12.9. The number of esters is 1. The maximum absolute atomic E-state index is 12.2. The van der Waals surface area contributed by atoms with Crippen LogP contribution in [0, 0.1) is 5.92 Å². The van der Waals surface area contributed by atoms with Crippen molar-refractivity contribution in [1.82, 2.24) is 0 Å². The van der Waals surface area contributed by atoms with E-state index in [0.29, 0.717) is 13.2 Å². The first-order valence-electron chi connectivity index (χ1n) is 7.81. The summed E-state index contributed by atoms with van der Waals surface area (Å²) < 4.78 is 5.23. The first-order valence-corrected chi connectivity index (χ1v) is 7.81. The van der Waals surface area contributed by atoms with E-state index in [1.165, 1.54) is 16.8 Å². The summed E-state index contributed by atoms with van der Waals surface area (Å²) in [7, 11) is 0. The average Bonchev–Trinajstić information content (AvgIpc) is 2.56. The SMILES string of the molecule is CCOC(=O)C1Cc2ccccc2N(Cc2ccccc2)C1. The van der Waals surface area contributed by atoms with Crippen molar-refractivity contribution in [3.8, 4) is 0 Å². The molecule has 0 radical (unpaired) electrons. The third kappa shape index (κ3) is 3.14. The number of carbonyl (C=O) groups is 1. The molecular formula is C19H21NO2. The van der Waals surface area contributed by atoms with E-state index >= 15 is 0 Å². The van der Waals surface area contributed by atoms with Crippen LogP contribution < -0.4 is 4.90 Å². The summed E-state index contributed by atoms with van der Waals surface area (Å²) in [5.41, 5.74) is 3.71. The molecule has 0 N–H and O–H groups in total. The molecule has 0 saturated heterocycles. The van der Waals surface area contributed by atoms with E-state index in [9.17, 15) is 4.79 Å². The number of hydrogen-bond acceptors (Lipinski definition) is 3. The smallest absolute Gasteiger partial charge is 0.311 e. The van der Waals surface area contributed by atoms with Gasteiger partial charge < -0.3 is 9.64 Å². The highest BCUT2D eigenvalue weighted by Crippen LogP contribution is 2.31. The molecule has 22 heavy (non-hydrogen) atoms. The van der Waals surface area contributed by atoms with E-state index in [4.69, 9.17) is 4.74 Å². The van der Waals surface area contributed by atoms with Crippen molar-refractivity contribution in [2.45, 2.75) is 19.9 Å².